The van der Waals surface area contributed by atoms with Gasteiger partial charge in [-0.25, -0.2) is 4.39 Å². The van der Waals surface area contributed by atoms with Gasteiger partial charge in [0, 0.05) is 36.0 Å². The van der Waals surface area contributed by atoms with Gasteiger partial charge in [0.2, 0.25) is 0 Å². The lowest BCUT2D eigenvalue weighted by Crippen LogP contribution is -2.27. The topological polar surface area (TPSA) is 87.9 Å². The minimum atomic E-state index is -0.256. The van der Waals surface area contributed by atoms with Crippen LogP contribution in [0.15, 0.2) is 59.1 Å². The Morgan fingerprint density at radius 2 is 1.76 bits per heavy atom. The summed E-state index contributed by atoms with van der Waals surface area (Å²) in [5, 5.41) is 11.2. The second-order valence-electron chi connectivity index (χ2n) is 8.05. The summed E-state index contributed by atoms with van der Waals surface area (Å²) in [7, 11) is 1.82. The lowest BCUT2D eigenvalue weighted by molar-refractivity contribution is 0.0792. The van der Waals surface area contributed by atoms with Crippen LogP contribution in [0.5, 0.6) is 0 Å². The number of unbranched alkanes of at least 4 members (excludes halogenated alkanes) is 2. The monoisotopic (exact) mass is 447 g/mol. The van der Waals surface area contributed by atoms with Crippen molar-refractivity contribution in [1.29, 1.82) is 0 Å². The van der Waals surface area contributed by atoms with E-state index in [1.165, 1.54) is 12.1 Å². The molecule has 2 aromatic heterocycles. The van der Waals surface area contributed by atoms with Crippen LogP contribution < -0.4 is 0 Å². The van der Waals surface area contributed by atoms with Crippen LogP contribution >= 0.6 is 0 Å². The maximum absolute atomic E-state index is 13.1. The van der Waals surface area contributed by atoms with Crippen LogP contribution in [0, 0.1) is 12.7 Å². The zero-order chi connectivity index (χ0) is 23.2. The first-order chi connectivity index (χ1) is 16.0. The SMILES string of the molecule is Cc1noc(-c2ccc(C(=O)N(C)CCCCCc3cc(-c4ccc(F)cc4)n[nH]3)cc2)n1. The summed E-state index contributed by atoms with van der Waals surface area (Å²) in [5.41, 5.74) is 4.17. The minimum absolute atomic E-state index is 0.0132. The fraction of sp³-hybridized carbons (Fsp3) is 0.280. The summed E-state index contributed by atoms with van der Waals surface area (Å²) in [6.07, 6.45) is 3.78. The summed E-state index contributed by atoms with van der Waals surface area (Å²) < 4.78 is 18.2. The molecule has 1 N–H and O–H groups in total. The molecule has 0 atom stereocenters. The predicted molar refractivity (Wildman–Crippen MR) is 123 cm³/mol. The van der Waals surface area contributed by atoms with E-state index >= 15 is 0 Å². The normalized spacial score (nSPS) is 11.0. The van der Waals surface area contributed by atoms with E-state index in [2.05, 4.69) is 20.3 Å². The van der Waals surface area contributed by atoms with Gasteiger partial charge in [-0.3, -0.25) is 9.89 Å². The first-order valence-electron chi connectivity index (χ1n) is 11.0. The number of aryl methyl sites for hydroxylation is 2. The van der Waals surface area contributed by atoms with Crippen LogP contribution in [0.1, 0.15) is 41.1 Å². The third-order valence-electron chi connectivity index (χ3n) is 5.46. The standard InChI is InChI=1S/C25H26FN5O2/c1-17-27-24(33-30-17)19-7-9-20(10-8-19)25(32)31(2)15-5-3-4-6-22-16-23(29-28-22)18-11-13-21(26)14-12-18/h7-14,16H,3-6,15H2,1-2H3,(H,28,29). The molecule has 0 aliphatic carbocycles. The molecule has 2 heterocycles. The number of benzene rings is 2. The number of halogens is 1. The summed E-state index contributed by atoms with van der Waals surface area (Å²) >= 11 is 0. The van der Waals surface area contributed by atoms with Gasteiger partial charge in [-0.05, 0) is 80.8 Å². The Hall–Kier alpha value is -3.81. The van der Waals surface area contributed by atoms with E-state index in [-0.39, 0.29) is 11.7 Å². The molecule has 8 heteroatoms. The number of aromatic amines is 1. The van der Waals surface area contributed by atoms with Crippen molar-refractivity contribution in [1.82, 2.24) is 25.2 Å². The van der Waals surface area contributed by atoms with Crippen LogP contribution in [-0.4, -0.2) is 44.7 Å². The number of nitrogens with zero attached hydrogens (tertiary/aromatic N) is 4. The molecule has 2 aromatic carbocycles. The van der Waals surface area contributed by atoms with Crippen LogP contribution in [0.4, 0.5) is 4.39 Å². The number of carbonyl (C=O) groups excluding carboxylic acids is 1. The van der Waals surface area contributed by atoms with Crippen LogP contribution in [0.2, 0.25) is 0 Å². The van der Waals surface area contributed by atoms with Gasteiger partial charge in [0.15, 0.2) is 5.82 Å². The Kier molecular flexibility index (Phi) is 6.92. The molecule has 0 saturated heterocycles. The first-order valence-corrected chi connectivity index (χ1v) is 11.0. The predicted octanol–water partition coefficient (Wildman–Crippen LogP) is 5.06. The van der Waals surface area contributed by atoms with Crippen molar-refractivity contribution in [2.24, 2.45) is 0 Å². The summed E-state index contributed by atoms with van der Waals surface area (Å²) in [6, 6.07) is 15.5. The van der Waals surface area contributed by atoms with Crippen molar-refractivity contribution >= 4 is 5.91 Å². The summed E-state index contributed by atoms with van der Waals surface area (Å²) in [4.78, 5) is 18.6. The van der Waals surface area contributed by atoms with E-state index < -0.39 is 0 Å². The highest BCUT2D eigenvalue weighted by molar-refractivity contribution is 5.94. The first kappa shape index (κ1) is 22.4. The maximum Gasteiger partial charge on any atom is 0.257 e. The fourth-order valence-corrected chi connectivity index (χ4v) is 3.59. The molecule has 4 aromatic rings. The lowest BCUT2D eigenvalue weighted by atomic mass is 10.1. The molecular weight excluding hydrogens is 421 g/mol. The van der Waals surface area contributed by atoms with E-state index in [9.17, 15) is 9.18 Å². The number of carbonyl (C=O) groups is 1. The molecule has 4 rings (SSSR count). The summed E-state index contributed by atoms with van der Waals surface area (Å²) in [5.74, 6) is 0.752. The van der Waals surface area contributed by atoms with Crippen molar-refractivity contribution in [2.75, 3.05) is 13.6 Å². The van der Waals surface area contributed by atoms with E-state index in [4.69, 9.17) is 4.52 Å². The molecule has 0 spiro atoms. The Labute approximate surface area is 191 Å². The zero-order valence-electron chi connectivity index (χ0n) is 18.7. The molecule has 1 amide bonds. The fourth-order valence-electron chi connectivity index (χ4n) is 3.59. The van der Waals surface area contributed by atoms with Gasteiger partial charge in [0.1, 0.15) is 5.82 Å². The van der Waals surface area contributed by atoms with Crippen molar-refractivity contribution < 1.29 is 13.7 Å². The van der Waals surface area contributed by atoms with Crippen LogP contribution in [0.3, 0.4) is 0 Å². The zero-order valence-corrected chi connectivity index (χ0v) is 18.7. The second kappa shape index (κ2) is 10.2. The number of hydrogen-bond acceptors (Lipinski definition) is 5. The van der Waals surface area contributed by atoms with Gasteiger partial charge in [0.05, 0.1) is 5.69 Å². The molecule has 0 bridgehead atoms. The molecule has 0 fully saturated rings. The highest BCUT2D eigenvalue weighted by Crippen LogP contribution is 2.20. The highest BCUT2D eigenvalue weighted by Gasteiger charge is 2.13. The van der Waals surface area contributed by atoms with Crippen molar-refractivity contribution in [3.63, 3.8) is 0 Å². The van der Waals surface area contributed by atoms with Gasteiger partial charge in [-0.1, -0.05) is 11.6 Å². The Balaban J connectivity index is 1.20. The smallest absolute Gasteiger partial charge is 0.257 e. The molecule has 0 aliphatic rings. The third-order valence-corrected chi connectivity index (χ3v) is 5.46. The molecule has 0 radical (unpaired) electrons. The largest absolute Gasteiger partial charge is 0.342 e. The van der Waals surface area contributed by atoms with Gasteiger partial charge < -0.3 is 9.42 Å². The molecule has 0 aliphatic heterocycles. The Bertz CT molecular complexity index is 1200. The molecule has 170 valence electrons. The Morgan fingerprint density at radius 3 is 2.45 bits per heavy atom. The number of rotatable bonds is 9. The van der Waals surface area contributed by atoms with Gasteiger partial charge in [-0.2, -0.15) is 10.1 Å². The van der Waals surface area contributed by atoms with Crippen LogP contribution in [-0.2, 0) is 6.42 Å². The maximum atomic E-state index is 13.1. The van der Waals surface area contributed by atoms with Crippen molar-refractivity contribution in [3.05, 3.63) is 77.5 Å². The number of H-pyrrole nitrogens is 1. The molecule has 0 unspecified atom stereocenters. The molecule has 33 heavy (non-hydrogen) atoms. The van der Waals surface area contributed by atoms with Gasteiger partial charge in [0.25, 0.3) is 11.8 Å². The van der Waals surface area contributed by atoms with E-state index in [0.29, 0.717) is 23.8 Å². The number of hydrogen-bond donors (Lipinski definition) is 1. The minimum Gasteiger partial charge on any atom is -0.342 e. The molecule has 0 saturated carbocycles. The van der Waals surface area contributed by atoms with Crippen molar-refractivity contribution in [2.45, 2.75) is 32.6 Å². The number of amides is 1. The number of aromatic nitrogens is 4. The Morgan fingerprint density at radius 1 is 1.03 bits per heavy atom. The molecule has 7 nitrogen and oxygen atoms in total. The van der Waals surface area contributed by atoms with Crippen LogP contribution in [0.25, 0.3) is 22.7 Å². The highest BCUT2D eigenvalue weighted by atomic mass is 19.1. The molecular formula is C25H26FN5O2. The third kappa shape index (κ3) is 5.71. The van der Waals surface area contributed by atoms with Gasteiger partial charge in [-0.15, -0.1) is 0 Å². The van der Waals surface area contributed by atoms with Crippen molar-refractivity contribution in [3.8, 4) is 22.7 Å². The van der Waals surface area contributed by atoms with E-state index in [0.717, 1.165) is 48.2 Å². The van der Waals surface area contributed by atoms with E-state index in [1.807, 2.05) is 25.2 Å². The lowest BCUT2D eigenvalue weighted by Gasteiger charge is -2.17. The van der Waals surface area contributed by atoms with Gasteiger partial charge >= 0.3 is 0 Å². The van der Waals surface area contributed by atoms with E-state index in [1.54, 1.807) is 36.1 Å². The average Bonchev–Trinajstić information content (AvgIpc) is 3.48. The number of nitrogens with one attached hydrogen (secondary N) is 1. The summed E-state index contributed by atoms with van der Waals surface area (Å²) in [6.45, 7) is 2.45. The second-order valence-corrected chi connectivity index (χ2v) is 8.05. The average molecular weight is 448 g/mol. The quantitative estimate of drug-likeness (QED) is 0.362.